The highest BCUT2D eigenvalue weighted by atomic mass is 19.4. The van der Waals surface area contributed by atoms with E-state index >= 15 is 0 Å². The molecular weight excluding hydrogens is 300 g/mol. The van der Waals surface area contributed by atoms with Crippen molar-refractivity contribution in [3.63, 3.8) is 0 Å². The standard InChI is InChI=1S/C12H7F6N3/c13-7-3-6(4-8(14)11(7)15)20-10-2-5(12(16,17)18)1-9(19)21-10/h1-4H,(H3,19,20,21). The van der Waals surface area contributed by atoms with Gasteiger partial charge in [-0.1, -0.05) is 0 Å². The zero-order chi connectivity index (χ0) is 15.8. The second-order valence-corrected chi connectivity index (χ2v) is 4.04. The van der Waals surface area contributed by atoms with Crippen molar-refractivity contribution in [3.05, 3.63) is 47.3 Å². The molecule has 0 atom stereocenters. The van der Waals surface area contributed by atoms with Crippen LogP contribution in [-0.4, -0.2) is 4.98 Å². The predicted molar refractivity (Wildman–Crippen MR) is 63.3 cm³/mol. The minimum atomic E-state index is -4.66. The van der Waals surface area contributed by atoms with Crippen LogP contribution in [0.1, 0.15) is 5.56 Å². The summed E-state index contributed by atoms with van der Waals surface area (Å²) in [5.74, 6) is -5.48. The lowest BCUT2D eigenvalue weighted by Gasteiger charge is -2.11. The molecule has 0 aliphatic carbocycles. The first-order chi connectivity index (χ1) is 9.66. The van der Waals surface area contributed by atoms with E-state index in [1.54, 1.807) is 0 Å². The third-order valence-corrected chi connectivity index (χ3v) is 2.43. The normalized spacial score (nSPS) is 11.5. The van der Waals surface area contributed by atoms with Crippen LogP contribution in [0.5, 0.6) is 0 Å². The quantitative estimate of drug-likeness (QED) is 0.654. The number of nitrogens with zero attached hydrogens (tertiary/aromatic N) is 1. The van der Waals surface area contributed by atoms with Gasteiger partial charge in [0.25, 0.3) is 0 Å². The van der Waals surface area contributed by atoms with Crippen molar-refractivity contribution in [1.29, 1.82) is 0 Å². The minimum absolute atomic E-state index is 0.308. The van der Waals surface area contributed by atoms with Gasteiger partial charge in [0.1, 0.15) is 11.6 Å². The number of rotatable bonds is 2. The highest BCUT2D eigenvalue weighted by Crippen LogP contribution is 2.32. The minimum Gasteiger partial charge on any atom is -0.384 e. The molecule has 2 rings (SSSR count). The average molecular weight is 307 g/mol. The molecule has 1 aromatic carbocycles. The first kappa shape index (κ1) is 14.9. The van der Waals surface area contributed by atoms with Crippen LogP contribution in [0.3, 0.4) is 0 Å². The number of nitrogen functional groups attached to an aromatic ring is 1. The maximum atomic E-state index is 13.0. The molecular formula is C12H7F6N3. The van der Waals surface area contributed by atoms with Gasteiger partial charge in [-0.3, -0.25) is 0 Å². The highest BCUT2D eigenvalue weighted by Gasteiger charge is 2.31. The Kier molecular flexibility index (Phi) is 3.67. The molecule has 0 spiro atoms. The van der Waals surface area contributed by atoms with Crippen LogP contribution in [0.15, 0.2) is 24.3 Å². The number of alkyl halides is 3. The number of aromatic nitrogens is 1. The first-order valence-corrected chi connectivity index (χ1v) is 5.43. The molecule has 0 saturated heterocycles. The molecule has 0 saturated carbocycles. The summed E-state index contributed by atoms with van der Waals surface area (Å²) in [5.41, 5.74) is 3.84. The van der Waals surface area contributed by atoms with Crippen LogP contribution in [0, 0.1) is 17.5 Å². The van der Waals surface area contributed by atoms with Crippen molar-refractivity contribution >= 4 is 17.3 Å². The number of pyridine rings is 1. The lowest BCUT2D eigenvalue weighted by molar-refractivity contribution is -0.137. The Morgan fingerprint density at radius 3 is 2.05 bits per heavy atom. The van der Waals surface area contributed by atoms with E-state index in [2.05, 4.69) is 10.3 Å². The van der Waals surface area contributed by atoms with E-state index in [-0.39, 0.29) is 11.5 Å². The summed E-state index contributed by atoms with van der Waals surface area (Å²) in [6.45, 7) is 0. The summed E-state index contributed by atoms with van der Waals surface area (Å²) < 4.78 is 76.6. The molecule has 9 heteroatoms. The summed E-state index contributed by atoms with van der Waals surface area (Å²) >= 11 is 0. The third kappa shape index (κ3) is 3.36. The van der Waals surface area contributed by atoms with Crippen molar-refractivity contribution in [2.24, 2.45) is 0 Å². The van der Waals surface area contributed by atoms with Crippen molar-refractivity contribution in [2.45, 2.75) is 6.18 Å². The predicted octanol–water partition coefficient (Wildman–Crippen LogP) is 3.84. The molecule has 0 amide bonds. The van der Waals surface area contributed by atoms with Gasteiger partial charge in [-0.2, -0.15) is 13.2 Å². The topological polar surface area (TPSA) is 50.9 Å². The molecule has 0 unspecified atom stereocenters. The largest absolute Gasteiger partial charge is 0.416 e. The maximum absolute atomic E-state index is 13.0. The number of nitrogens with one attached hydrogen (secondary N) is 1. The van der Waals surface area contributed by atoms with Gasteiger partial charge in [0, 0.05) is 17.8 Å². The number of anilines is 3. The van der Waals surface area contributed by atoms with Gasteiger partial charge in [-0.15, -0.1) is 0 Å². The van der Waals surface area contributed by atoms with Crippen LogP contribution in [0.25, 0.3) is 0 Å². The molecule has 1 heterocycles. The highest BCUT2D eigenvalue weighted by molar-refractivity contribution is 5.59. The first-order valence-electron chi connectivity index (χ1n) is 5.43. The molecule has 0 aliphatic rings. The average Bonchev–Trinajstić information content (AvgIpc) is 2.34. The fourth-order valence-corrected chi connectivity index (χ4v) is 1.56. The molecule has 2 aromatic rings. The van der Waals surface area contributed by atoms with Crippen LogP contribution < -0.4 is 11.1 Å². The molecule has 0 bridgehead atoms. The Morgan fingerprint density at radius 2 is 1.52 bits per heavy atom. The smallest absolute Gasteiger partial charge is 0.384 e. The Balaban J connectivity index is 2.38. The molecule has 0 aliphatic heterocycles. The van der Waals surface area contributed by atoms with Crippen molar-refractivity contribution in [1.82, 2.24) is 4.98 Å². The Hall–Kier alpha value is -2.45. The van der Waals surface area contributed by atoms with E-state index in [1.165, 1.54) is 0 Å². The van der Waals surface area contributed by atoms with Gasteiger partial charge in [0.15, 0.2) is 17.5 Å². The van der Waals surface area contributed by atoms with E-state index in [4.69, 9.17) is 5.73 Å². The molecule has 112 valence electrons. The zero-order valence-corrected chi connectivity index (χ0v) is 10.1. The second-order valence-electron chi connectivity index (χ2n) is 4.04. The SMILES string of the molecule is Nc1cc(C(F)(F)F)cc(Nc2cc(F)c(F)c(F)c2)n1. The molecule has 21 heavy (non-hydrogen) atoms. The summed E-state index contributed by atoms with van der Waals surface area (Å²) in [6, 6.07) is 2.37. The number of nitrogens with two attached hydrogens (primary N) is 1. The van der Waals surface area contributed by atoms with Gasteiger partial charge in [-0.05, 0) is 12.1 Å². The Bertz CT molecular complexity index is 660. The Morgan fingerprint density at radius 1 is 0.952 bits per heavy atom. The van der Waals surface area contributed by atoms with Crippen molar-refractivity contribution < 1.29 is 26.3 Å². The van der Waals surface area contributed by atoms with Crippen LogP contribution in [0.4, 0.5) is 43.7 Å². The molecule has 3 nitrogen and oxygen atoms in total. The second kappa shape index (κ2) is 5.15. The summed E-state index contributed by atoms with van der Waals surface area (Å²) in [6.07, 6.45) is -4.66. The van der Waals surface area contributed by atoms with Crippen molar-refractivity contribution in [2.75, 3.05) is 11.1 Å². The molecule has 0 radical (unpaired) electrons. The fourth-order valence-electron chi connectivity index (χ4n) is 1.56. The Labute approximate surface area is 114 Å². The summed E-state index contributed by atoms with van der Waals surface area (Å²) in [5, 5.41) is 2.23. The fraction of sp³-hybridized carbons (Fsp3) is 0.0833. The lowest BCUT2D eigenvalue weighted by atomic mass is 10.2. The number of hydrogen-bond donors (Lipinski definition) is 2. The summed E-state index contributed by atoms with van der Waals surface area (Å²) in [4.78, 5) is 3.55. The maximum Gasteiger partial charge on any atom is 0.416 e. The lowest BCUT2D eigenvalue weighted by Crippen LogP contribution is -2.08. The van der Waals surface area contributed by atoms with E-state index < -0.39 is 35.0 Å². The molecule has 3 N–H and O–H groups in total. The number of benzene rings is 1. The van der Waals surface area contributed by atoms with E-state index in [1.807, 2.05) is 0 Å². The molecule has 0 fully saturated rings. The monoisotopic (exact) mass is 307 g/mol. The van der Waals surface area contributed by atoms with Crippen LogP contribution in [0.2, 0.25) is 0 Å². The van der Waals surface area contributed by atoms with Gasteiger partial charge < -0.3 is 11.1 Å². The number of hydrogen-bond acceptors (Lipinski definition) is 3. The summed E-state index contributed by atoms with van der Waals surface area (Å²) in [7, 11) is 0. The zero-order valence-electron chi connectivity index (χ0n) is 10.1. The molecule has 1 aromatic heterocycles. The van der Waals surface area contributed by atoms with Gasteiger partial charge in [0.05, 0.1) is 5.56 Å². The van der Waals surface area contributed by atoms with E-state index in [9.17, 15) is 26.3 Å². The third-order valence-electron chi connectivity index (χ3n) is 2.43. The number of halogens is 6. The van der Waals surface area contributed by atoms with E-state index in [0.717, 1.165) is 0 Å². The van der Waals surface area contributed by atoms with Gasteiger partial charge in [-0.25, -0.2) is 18.2 Å². The van der Waals surface area contributed by atoms with Crippen LogP contribution in [-0.2, 0) is 6.18 Å². The van der Waals surface area contributed by atoms with Crippen molar-refractivity contribution in [3.8, 4) is 0 Å². The van der Waals surface area contributed by atoms with Gasteiger partial charge in [0.2, 0.25) is 0 Å². The van der Waals surface area contributed by atoms with E-state index in [0.29, 0.717) is 24.3 Å². The van der Waals surface area contributed by atoms with Crippen LogP contribution >= 0.6 is 0 Å². The van der Waals surface area contributed by atoms with Gasteiger partial charge >= 0.3 is 6.18 Å².